The van der Waals surface area contributed by atoms with E-state index in [1.165, 1.54) is 0 Å². The number of fused-ring (bicyclic) bond motifs is 1. The third-order valence-corrected chi connectivity index (χ3v) is 9.94. The SMILES string of the molecule is CC(=O)N1c2ccc(-c3cnc(C(=O)NCCOCCOCCOCCOCCOCCOCCOCCNC(=O)O)nc3)cc2N(Cc2ccccc2CO)C[C@@H]1C1CC1. The Bertz CT molecular complexity index is 1780. The van der Waals surface area contributed by atoms with Crippen LogP contribution in [0.15, 0.2) is 54.9 Å². The molecule has 3 amide bonds. The Morgan fingerprint density at radius 3 is 1.67 bits per heavy atom. The highest BCUT2D eigenvalue weighted by Gasteiger charge is 2.42. The highest BCUT2D eigenvalue weighted by molar-refractivity contribution is 5.98. The van der Waals surface area contributed by atoms with Gasteiger partial charge in [0.2, 0.25) is 11.7 Å². The van der Waals surface area contributed by atoms with Gasteiger partial charge >= 0.3 is 6.09 Å². The quantitative estimate of drug-likeness (QED) is 0.0711. The maximum absolute atomic E-state index is 13.0. The number of anilines is 2. The van der Waals surface area contributed by atoms with E-state index in [9.17, 15) is 19.5 Å². The minimum absolute atomic E-state index is 0.0193. The zero-order chi connectivity index (χ0) is 43.1. The third kappa shape index (κ3) is 16.2. The molecule has 0 saturated heterocycles. The van der Waals surface area contributed by atoms with Crippen molar-refractivity contribution in [2.24, 2.45) is 5.92 Å². The third-order valence-electron chi connectivity index (χ3n) is 9.94. The molecule has 3 aromatic rings. The summed E-state index contributed by atoms with van der Waals surface area (Å²) in [6.45, 7) is 9.03. The first-order chi connectivity index (χ1) is 29.9. The van der Waals surface area contributed by atoms with Gasteiger partial charge in [-0.25, -0.2) is 14.8 Å². The summed E-state index contributed by atoms with van der Waals surface area (Å²) in [7, 11) is 0. The number of rotatable bonds is 30. The molecule has 1 atom stereocenters. The van der Waals surface area contributed by atoms with Gasteiger partial charge < -0.3 is 63.8 Å². The van der Waals surface area contributed by atoms with Gasteiger partial charge in [-0.15, -0.1) is 0 Å². The van der Waals surface area contributed by atoms with E-state index in [1.54, 1.807) is 19.3 Å². The highest BCUT2D eigenvalue weighted by atomic mass is 16.6. The van der Waals surface area contributed by atoms with Crippen molar-refractivity contribution in [3.63, 3.8) is 0 Å². The van der Waals surface area contributed by atoms with Crippen molar-refractivity contribution in [3.05, 3.63) is 71.8 Å². The van der Waals surface area contributed by atoms with Gasteiger partial charge in [0.1, 0.15) is 0 Å². The molecule has 0 bridgehead atoms. The van der Waals surface area contributed by atoms with Crippen molar-refractivity contribution < 1.29 is 57.8 Å². The van der Waals surface area contributed by atoms with E-state index in [4.69, 9.17) is 38.3 Å². The average Bonchev–Trinajstić information content (AvgIpc) is 4.12. The molecule has 2 aromatic carbocycles. The van der Waals surface area contributed by atoms with Crippen LogP contribution in [0.5, 0.6) is 0 Å². The summed E-state index contributed by atoms with van der Waals surface area (Å²) in [5.74, 6) is 0.131. The van der Waals surface area contributed by atoms with E-state index >= 15 is 0 Å². The molecule has 4 N–H and O–H groups in total. The largest absolute Gasteiger partial charge is 0.465 e. The van der Waals surface area contributed by atoms with Crippen LogP contribution in [0, 0.1) is 5.92 Å². The van der Waals surface area contributed by atoms with Crippen LogP contribution in [0.2, 0.25) is 0 Å². The fourth-order valence-corrected chi connectivity index (χ4v) is 6.77. The highest BCUT2D eigenvalue weighted by Crippen LogP contribution is 2.45. The fraction of sp³-hybridized carbons (Fsp3) is 0.558. The molecular weight excluding hydrogens is 793 g/mol. The van der Waals surface area contributed by atoms with Crippen molar-refractivity contribution in [1.29, 1.82) is 0 Å². The standard InChI is InChI=1S/C43H60N6O12/c1-32(51)49-38-9-8-34(26-39(38)48(30-40(49)33-6-7-33)29-35-4-2-3-5-36(35)31-50)37-27-46-41(47-28-37)42(52)44-10-12-55-14-16-57-18-20-59-22-24-61-25-23-60-21-19-58-17-15-56-13-11-45-43(53)54/h2-5,8-9,26-28,33,40,45,50H,6-7,10-25,29-31H2,1H3,(H,44,52)(H,53,54)/t40-/m1/s1. The van der Waals surface area contributed by atoms with Crippen molar-refractivity contribution in [3.8, 4) is 11.1 Å². The lowest BCUT2D eigenvalue weighted by molar-refractivity contribution is -0.117. The Kier molecular flexibility index (Phi) is 20.6. The van der Waals surface area contributed by atoms with Gasteiger partial charge in [0.05, 0.1) is 117 Å². The number of aliphatic hydroxyl groups excluding tert-OH is 1. The van der Waals surface area contributed by atoms with Gasteiger partial charge in [0, 0.05) is 51.1 Å². The van der Waals surface area contributed by atoms with Crippen LogP contribution in [0.25, 0.3) is 11.1 Å². The smallest absolute Gasteiger partial charge is 0.404 e. The number of amides is 3. The van der Waals surface area contributed by atoms with Gasteiger partial charge in [-0.05, 0) is 47.6 Å². The zero-order valence-electron chi connectivity index (χ0n) is 35.0. The van der Waals surface area contributed by atoms with Gasteiger partial charge in [0.25, 0.3) is 5.91 Å². The summed E-state index contributed by atoms with van der Waals surface area (Å²) in [6, 6.07) is 14.0. The van der Waals surface area contributed by atoms with Crippen LogP contribution in [0.3, 0.4) is 0 Å². The molecule has 2 heterocycles. The maximum Gasteiger partial charge on any atom is 0.404 e. The van der Waals surface area contributed by atoms with Crippen LogP contribution in [0.4, 0.5) is 16.2 Å². The summed E-state index contributed by atoms with van der Waals surface area (Å²) in [5, 5.41) is 23.5. The van der Waals surface area contributed by atoms with E-state index in [-0.39, 0.29) is 37.5 Å². The van der Waals surface area contributed by atoms with Crippen LogP contribution < -0.4 is 20.4 Å². The molecule has 0 unspecified atom stereocenters. The van der Waals surface area contributed by atoms with Crippen LogP contribution in [0.1, 0.15) is 41.5 Å². The Hall–Kier alpha value is -4.79. The molecule has 61 heavy (non-hydrogen) atoms. The van der Waals surface area contributed by atoms with Crippen molar-refractivity contribution in [2.75, 3.05) is 122 Å². The Labute approximate surface area is 356 Å². The van der Waals surface area contributed by atoms with E-state index in [1.807, 2.05) is 41.3 Å². The van der Waals surface area contributed by atoms with Gasteiger partial charge in [-0.3, -0.25) is 9.59 Å². The van der Waals surface area contributed by atoms with Crippen molar-refractivity contribution >= 4 is 29.3 Å². The number of nitrogens with one attached hydrogen (secondary N) is 2. The molecule has 1 fully saturated rings. The van der Waals surface area contributed by atoms with Crippen LogP contribution in [-0.4, -0.2) is 156 Å². The number of carboxylic acid groups (broad SMARTS) is 1. The molecule has 5 rings (SSSR count). The first-order valence-corrected chi connectivity index (χ1v) is 20.8. The minimum Gasteiger partial charge on any atom is -0.465 e. The number of nitrogens with zero attached hydrogens (tertiary/aromatic N) is 4. The number of carbonyl (C=O) groups excluding carboxylic acids is 2. The van der Waals surface area contributed by atoms with Gasteiger partial charge in [0.15, 0.2) is 0 Å². The molecule has 1 aromatic heterocycles. The second kappa shape index (κ2) is 26.5. The van der Waals surface area contributed by atoms with Gasteiger partial charge in [-0.2, -0.15) is 0 Å². The molecule has 1 aliphatic heterocycles. The first-order valence-electron chi connectivity index (χ1n) is 20.8. The minimum atomic E-state index is -1.07. The van der Waals surface area contributed by atoms with E-state index in [2.05, 4.69) is 31.6 Å². The Morgan fingerprint density at radius 1 is 0.672 bits per heavy atom. The summed E-state index contributed by atoms with van der Waals surface area (Å²) < 4.78 is 38.1. The number of carbonyl (C=O) groups is 3. The normalized spacial score (nSPS) is 14.8. The fourth-order valence-electron chi connectivity index (χ4n) is 6.77. The lowest BCUT2D eigenvalue weighted by Gasteiger charge is -2.44. The molecule has 18 heteroatoms. The Balaban J connectivity index is 0.909. The maximum atomic E-state index is 13.0. The number of aliphatic hydroxyl groups is 1. The van der Waals surface area contributed by atoms with E-state index in [0.29, 0.717) is 112 Å². The molecule has 0 spiro atoms. The summed E-state index contributed by atoms with van der Waals surface area (Å²) in [4.78, 5) is 49.0. The first kappa shape index (κ1) is 47.3. The molecule has 1 saturated carbocycles. The molecule has 0 radical (unpaired) electrons. The van der Waals surface area contributed by atoms with E-state index < -0.39 is 12.0 Å². The average molecular weight is 853 g/mol. The molecule has 1 aliphatic carbocycles. The lowest BCUT2D eigenvalue weighted by Crippen LogP contribution is -2.52. The second-order valence-electron chi connectivity index (χ2n) is 14.4. The molecule has 2 aliphatic rings. The number of benzene rings is 2. The van der Waals surface area contributed by atoms with Crippen LogP contribution in [-0.2, 0) is 51.1 Å². The molecule has 334 valence electrons. The predicted octanol–water partition coefficient (Wildman–Crippen LogP) is 2.90. The number of ether oxygens (including phenoxy) is 7. The van der Waals surface area contributed by atoms with Crippen molar-refractivity contribution in [2.45, 2.75) is 39.0 Å². The van der Waals surface area contributed by atoms with Crippen LogP contribution >= 0.6 is 0 Å². The lowest BCUT2D eigenvalue weighted by atomic mass is 9.98. The summed E-state index contributed by atoms with van der Waals surface area (Å²) in [6.07, 6.45) is 4.40. The predicted molar refractivity (Wildman–Crippen MR) is 225 cm³/mol. The molecular formula is C43H60N6O12. The summed E-state index contributed by atoms with van der Waals surface area (Å²) in [5.41, 5.74) is 5.30. The summed E-state index contributed by atoms with van der Waals surface area (Å²) >= 11 is 0. The zero-order valence-corrected chi connectivity index (χ0v) is 35.0. The monoisotopic (exact) mass is 852 g/mol. The number of hydrogen-bond acceptors (Lipinski definition) is 14. The Morgan fingerprint density at radius 2 is 1.18 bits per heavy atom. The number of aromatic nitrogens is 2. The van der Waals surface area contributed by atoms with Crippen molar-refractivity contribution in [1.82, 2.24) is 20.6 Å². The number of hydrogen-bond donors (Lipinski definition) is 4. The van der Waals surface area contributed by atoms with E-state index in [0.717, 1.165) is 46.5 Å². The van der Waals surface area contributed by atoms with Gasteiger partial charge in [-0.1, -0.05) is 30.3 Å². The molecule has 18 nitrogen and oxygen atoms in total. The topological polar surface area (TPSA) is 213 Å². The second-order valence-corrected chi connectivity index (χ2v) is 14.4.